The molecule has 5 heteroatoms. The summed E-state index contributed by atoms with van der Waals surface area (Å²) in [5.74, 6) is 1.27. The summed E-state index contributed by atoms with van der Waals surface area (Å²) in [6, 6.07) is 3.65. The molecule has 20 heavy (non-hydrogen) atoms. The highest BCUT2D eigenvalue weighted by molar-refractivity contribution is 5.89. The molecule has 0 spiro atoms. The fraction of sp³-hybridized carbons (Fsp3) is 0.600. The van der Waals surface area contributed by atoms with Crippen LogP contribution < -0.4 is 4.90 Å². The number of ether oxygens (including phenoxy) is 2. The lowest BCUT2D eigenvalue weighted by molar-refractivity contribution is -0.0273. The maximum Gasteiger partial charge on any atom is 0.339 e. The van der Waals surface area contributed by atoms with Gasteiger partial charge in [0, 0.05) is 19.3 Å². The first-order valence-corrected chi connectivity index (χ1v) is 7.12. The molecule has 2 atom stereocenters. The van der Waals surface area contributed by atoms with Crippen molar-refractivity contribution in [3.8, 4) is 0 Å². The van der Waals surface area contributed by atoms with Crippen molar-refractivity contribution in [1.82, 2.24) is 4.98 Å². The average molecular weight is 276 g/mol. The van der Waals surface area contributed by atoms with E-state index in [9.17, 15) is 4.79 Å². The molecule has 0 unspecified atom stereocenters. The number of aromatic nitrogens is 1. The van der Waals surface area contributed by atoms with Crippen LogP contribution in [0.5, 0.6) is 0 Å². The molecule has 1 aromatic rings. The van der Waals surface area contributed by atoms with Gasteiger partial charge in [-0.1, -0.05) is 0 Å². The topological polar surface area (TPSA) is 51.7 Å². The van der Waals surface area contributed by atoms with Crippen LogP contribution in [0.4, 0.5) is 5.82 Å². The Morgan fingerprint density at radius 3 is 2.80 bits per heavy atom. The summed E-state index contributed by atoms with van der Waals surface area (Å²) < 4.78 is 10.7. The quantitative estimate of drug-likeness (QED) is 0.789. The van der Waals surface area contributed by atoms with E-state index in [4.69, 9.17) is 4.74 Å². The van der Waals surface area contributed by atoms with Gasteiger partial charge in [-0.2, -0.15) is 0 Å². The minimum atomic E-state index is -0.352. The van der Waals surface area contributed by atoms with E-state index >= 15 is 0 Å². The Morgan fingerprint density at radius 1 is 1.40 bits per heavy atom. The van der Waals surface area contributed by atoms with Crippen molar-refractivity contribution < 1.29 is 14.3 Å². The van der Waals surface area contributed by atoms with Gasteiger partial charge >= 0.3 is 5.97 Å². The highest BCUT2D eigenvalue weighted by Crippen LogP contribution is 2.37. The van der Waals surface area contributed by atoms with Crippen LogP contribution in [0, 0.1) is 5.92 Å². The summed E-state index contributed by atoms with van der Waals surface area (Å²) in [6.07, 6.45) is 4.67. The smallest absolute Gasteiger partial charge is 0.339 e. The highest BCUT2D eigenvalue weighted by atomic mass is 16.5. The molecule has 0 radical (unpaired) electrons. The van der Waals surface area contributed by atoms with Gasteiger partial charge in [-0.3, -0.25) is 0 Å². The average Bonchev–Trinajstić information content (AvgIpc) is 3.30. The molecule has 1 aliphatic carbocycles. The van der Waals surface area contributed by atoms with Gasteiger partial charge in [0.25, 0.3) is 0 Å². The molecule has 5 nitrogen and oxygen atoms in total. The van der Waals surface area contributed by atoms with E-state index in [1.54, 1.807) is 12.3 Å². The Morgan fingerprint density at radius 2 is 2.20 bits per heavy atom. The lowest BCUT2D eigenvalue weighted by atomic mass is 10.1. The number of carbonyl (C=O) groups excluding carboxylic acids is 1. The summed E-state index contributed by atoms with van der Waals surface area (Å²) in [4.78, 5) is 18.0. The fourth-order valence-corrected chi connectivity index (χ4v) is 2.71. The van der Waals surface area contributed by atoms with Crippen LogP contribution in [0.1, 0.15) is 30.1 Å². The molecule has 0 N–H and O–H groups in total. The largest absolute Gasteiger partial charge is 0.465 e. The molecule has 2 fully saturated rings. The summed E-state index contributed by atoms with van der Waals surface area (Å²) in [5.41, 5.74) is 0.483. The van der Waals surface area contributed by atoms with Gasteiger partial charge in [-0.25, -0.2) is 9.78 Å². The van der Waals surface area contributed by atoms with Gasteiger partial charge in [0.2, 0.25) is 0 Å². The summed E-state index contributed by atoms with van der Waals surface area (Å²) in [6.45, 7) is 3.83. The molecule has 3 rings (SSSR count). The molecule has 0 bridgehead atoms. The first kappa shape index (κ1) is 13.4. The molecule has 1 aliphatic heterocycles. The van der Waals surface area contributed by atoms with E-state index < -0.39 is 0 Å². The molecular formula is C15H20N2O3. The van der Waals surface area contributed by atoms with Crippen molar-refractivity contribution in [2.75, 3.05) is 25.1 Å². The SMILES string of the molecule is COC(=O)c1ccc(N2C[C@@H](C3CC3)O[C@@H](C)C2)nc1. The zero-order valence-corrected chi connectivity index (χ0v) is 11.9. The number of esters is 1. The van der Waals surface area contributed by atoms with Gasteiger partial charge < -0.3 is 14.4 Å². The van der Waals surface area contributed by atoms with Crippen molar-refractivity contribution in [2.24, 2.45) is 5.92 Å². The number of carbonyl (C=O) groups is 1. The summed E-state index contributed by atoms with van der Waals surface area (Å²) >= 11 is 0. The molecule has 1 saturated heterocycles. The van der Waals surface area contributed by atoms with Crippen LogP contribution in [0.3, 0.4) is 0 Å². The van der Waals surface area contributed by atoms with Crippen LogP contribution in [0.15, 0.2) is 18.3 Å². The Bertz CT molecular complexity index is 484. The number of nitrogens with zero attached hydrogens (tertiary/aromatic N) is 2. The number of pyridine rings is 1. The van der Waals surface area contributed by atoms with E-state index in [-0.39, 0.29) is 12.1 Å². The number of morpholine rings is 1. The maximum atomic E-state index is 11.4. The zero-order valence-electron chi connectivity index (χ0n) is 11.9. The molecule has 2 aliphatic rings. The molecule has 1 aromatic heterocycles. The van der Waals surface area contributed by atoms with Crippen LogP contribution in [0.2, 0.25) is 0 Å². The second-order valence-electron chi connectivity index (χ2n) is 5.62. The van der Waals surface area contributed by atoms with Crippen molar-refractivity contribution >= 4 is 11.8 Å². The third-order valence-electron chi connectivity index (χ3n) is 3.93. The van der Waals surface area contributed by atoms with Crippen molar-refractivity contribution in [3.05, 3.63) is 23.9 Å². The lowest BCUT2D eigenvalue weighted by Crippen LogP contribution is -2.47. The molecule has 0 aromatic carbocycles. The second-order valence-corrected chi connectivity index (χ2v) is 5.62. The third kappa shape index (κ3) is 2.77. The van der Waals surface area contributed by atoms with E-state index in [1.165, 1.54) is 20.0 Å². The Hall–Kier alpha value is -1.62. The van der Waals surface area contributed by atoms with Crippen LogP contribution in [-0.4, -0.2) is 43.4 Å². The van der Waals surface area contributed by atoms with Gasteiger partial charge in [0.05, 0.1) is 24.9 Å². The van der Waals surface area contributed by atoms with Crippen LogP contribution in [0.25, 0.3) is 0 Å². The molecule has 0 amide bonds. The number of hydrogen-bond donors (Lipinski definition) is 0. The zero-order chi connectivity index (χ0) is 14.1. The first-order valence-electron chi connectivity index (χ1n) is 7.12. The van der Waals surface area contributed by atoms with Crippen molar-refractivity contribution in [1.29, 1.82) is 0 Å². The minimum absolute atomic E-state index is 0.219. The predicted octanol–water partition coefficient (Wildman–Crippen LogP) is 1.87. The molecule has 2 heterocycles. The van der Waals surface area contributed by atoms with Gasteiger partial charge in [-0.05, 0) is 37.8 Å². The van der Waals surface area contributed by atoms with Gasteiger partial charge in [-0.15, -0.1) is 0 Å². The van der Waals surface area contributed by atoms with Gasteiger partial charge in [0.1, 0.15) is 5.82 Å². The molecule has 108 valence electrons. The van der Waals surface area contributed by atoms with Crippen LogP contribution >= 0.6 is 0 Å². The summed E-state index contributed by atoms with van der Waals surface area (Å²) in [7, 11) is 1.38. The summed E-state index contributed by atoms with van der Waals surface area (Å²) in [5, 5.41) is 0. The molecule has 1 saturated carbocycles. The monoisotopic (exact) mass is 276 g/mol. The number of anilines is 1. The van der Waals surface area contributed by atoms with Gasteiger partial charge in [0.15, 0.2) is 0 Å². The lowest BCUT2D eigenvalue weighted by Gasteiger charge is -2.37. The minimum Gasteiger partial charge on any atom is -0.465 e. The number of hydrogen-bond acceptors (Lipinski definition) is 5. The maximum absolute atomic E-state index is 11.4. The van der Waals surface area contributed by atoms with E-state index in [0.29, 0.717) is 11.7 Å². The number of rotatable bonds is 3. The Balaban J connectivity index is 1.72. The molecular weight excluding hydrogens is 256 g/mol. The van der Waals surface area contributed by atoms with E-state index in [0.717, 1.165) is 24.8 Å². The van der Waals surface area contributed by atoms with Crippen molar-refractivity contribution in [2.45, 2.75) is 32.0 Å². The Kier molecular flexibility index (Phi) is 3.61. The fourth-order valence-electron chi connectivity index (χ4n) is 2.71. The standard InChI is InChI=1S/C15H20N2O3/c1-10-8-17(9-13(20-10)11-3-4-11)14-6-5-12(7-16-14)15(18)19-2/h5-7,10-11,13H,3-4,8-9H2,1-2H3/t10-,13-/m0/s1. The van der Waals surface area contributed by atoms with E-state index in [1.807, 2.05) is 6.07 Å². The predicted molar refractivity (Wildman–Crippen MR) is 74.8 cm³/mol. The Labute approximate surface area is 118 Å². The normalized spacial score (nSPS) is 26.4. The third-order valence-corrected chi connectivity index (χ3v) is 3.93. The first-order chi connectivity index (χ1) is 9.67. The highest BCUT2D eigenvalue weighted by Gasteiger charge is 2.37. The van der Waals surface area contributed by atoms with E-state index in [2.05, 4.69) is 21.5 Å². The van der Waals surface area contributed by atoms with Crippen molar-refractivity contribution in [3.63, 3.8) is 0 Å². The second kappa shape index (κ2) is 5.40. The number of methoxy groups -OCH3 is 1. The van der Waals surface area contributed by atoms with Crippen LogP contribution in [-0.2, 0) is 9.47 Å².